The summed E-state index contributed by atoms with van der Waals surface area (Å²) >= 11 is 0. The lowest BCUT2D eigenvalue weighted by atomic mass is 9.66. The van der Waals surface area contributed by atoms with Crippen LogP contribution >= 0.6 is 0 Å². The van der Waals surface area contributed by atoms with Gasteiger partial charge in [0.15, 0.2) is 0 Å². The van der Waals surface area contributed by atoms with E-state index in [1.807, 2.05) is 0 Å². The van der Waals surface area contributed by atoms with E-state index in [1.165, 1.54) is 19.3 Å². The van der Waals surface area contributed by atoms with Crippen LogP contribution < -0.4 is 0 Å². The van der Waals surface area contributed by atoms with Gasteiger partial charge in [0.1, 0.15) is 0 Å². The fourth-order valence-corrected chi connectivity index (χ4v) is 5.76. The predicted octanol–water partition coefficient (Wildman–Crippen LogP) is 4.74. The molecule has 3 saturated carbocycles. The Bertz CT molecular complexity index is 255. The van der Waals surface area contributed by atoms with Gasteiger partial charge in [-0.1, -0.05) is 33.6 Å². The molecule has 0 spiro atoms. The Morgan fingerprint density at radius 1 is 0.938 bits per heavy atom. The lowest BCUT2D eigenvalue weighted by Gasteiger charge is -2.39. The first kappa shape index (κ1) is 11.1. The maximum absolute atomic E-state index is 2.55. The summed E-state index contributed by atoms with van der Waals surface area (Å²) in [7, 11) is 0. The predicted molar refractivity (Wildman–Crippen MR) is 69.2 cm³/mol. The van der Waals surface area contributed by atoms with Gasteiger partial charge in [0.05, 0.1) is 0 Å². The van der Waals surface area contributed by atoms with E-state index in [1.54, 1.807) is 19.3 Å². The van der Waals surface area contributed by atoms with Gasteiger partial charge in [-0.3, -0.25) is 0 Å². The molecule has 0 aliphatic heterocycles. The molecule has 0 radical (unpaired) electrons. The standard InChI is InChI=1S/C16H28/c1-10(2)9-15-12-7-8-14(15)16-11(3)5-4-6-13(12)16/h10-16H,4-9H2,1-3H3. The minimum absolute atomic E-state index is 0.920. The average molecular weight is 220 g/mol. The summed E-state index contributed by atoms with van der Waals surface area (Å²) in [6.45, 7) is 7.39. The molecule has 0 aromatic carbocycles. The third-order valence-corrected chi connectivity index (χ3v) is 6.07. The molecule has 0 amide bonds. The van der Waals surface area contributed by atoms with E-state index in [0.717, 1.165) is 41.4 Å². The zero-order chi connectivity index (χ0) is 11.3. The summed E-state index contributed by atoms with van der Waals surface area (Å²) in [5.41, 5.74) is 0. The quantitative estimate of drug-likeness (QED) is 0.630. The molecule has 3 rings (SSSR count). The lowest BCUT2D eigenvalue weighted by molar-refractivity contribution is 0.103. The average Bonchev–Trinajstić information content (AvgIpc) is 2.74. The number of hydrogen-bond donors (Lipinski definition) is 0. The molecule has 0 aromatic rings. The van der Waals surface area contributed by atoms with Gasteiger partial charge < -0.3 is 0 Å². The van der Waals surface area contributed by atoms with Crippen molar-refractivity contribution in [3.8, 4) is 0 Å². The van der Waals surface area contributed by atoms with Crippen molar-refractivity contribution in [1.29, 1.82) is 0 Å². The van der Waals surface area contributed by atoms with Crippen molar-refractivity contribution in [2.75, 3.05) is 0 Å². The topological polar surface area (TPSA) is 0 Å². The Hall–Kier alpha value is 0. The second-order valence-electron chi connectivity index (χ2n) is 7.35. The fourth-order valence-electron chi connectivity index (χ4n) is 5.76. The largest absolute Gasteiger partial charge is 0.0628 e. The molecule has 0 heterocycles. The molecule has 3 aliphatic carbocycles. The van der Waals surface area contributed by atoms with Crippen LogP contribution in [0.5, 0.6) is 0 Å². The van der Waals surface area contributed by atoms with Crippen LogP contribution in [0.4, 0.5) is 0 Å². The number of hydrogen-bond acceptors (Lipinski definition) is 0. The first-order valence-electron chi connectivity index (χ1n) is 7.68. The smallest absolute Gasteiger partial charge is 0.0326 e. The van der Waals surface area contributed by atoms with Crippen molar-refractivity contribution in [3.05, 3.63) is 0 Å². The highest BCUT2D eigenvalue weighted by molar-refractivity contribution is 5.04. The zero-order valence-corrected chi connectivity index (χ0v) is 11.3. The molecule has 0 saturated heterocycles. The first-order valence-corrected chi connectivity index (χ1v) is 7.68. The Morgan fingerprint density at radius 2 is 1.69 bits per heavy atom. The first-order chi connectivity index (χ1) is 7.68. The van der Waals surface area contributed by atoms with E-state index in [-0.39, 0.29) is 0 Å². The van der Waals surface area contributed by atoms with Crippen LogP contribution in [0, 0.1) is 41.4 Å². The Balaban J connectivity index is 1.80. The van der Waals surface area contributed by atoms with Crippen molar-refractivity contribution in [1.82, 2.24) is 0 Å². The normalized spacial score (nSPS) is 51.0. The molecule has 0 nitrogen and oxygen atoms in total. The lowest BCUT2D eigenvalue weighted by Crippen LogP contribution is -2.31. The monoisotopic (exact) mass is 220 g/mol. The van der Waals surface area contributed by atoms with E-state index in [2.05, 4.69) is 20.8 Å². The minimum atomic E-state index is 0.920. The Labute approximate surface area is 101 Å². The van der Waals surface area contributed by atoms with Gasteiger partial charge in [0.25, 0.3) is 0 Å². The third-order valence-electron chi connectivity index (χ3n) is 6.07. The minimum Gasteiger partial charge on any atom is -0.0628 e. The van der Waals surface area contributed by atoms with Gasteiger partial charge in [-0.25, -0.2) is 0 Å². The molecule has 92 valence electrons. The van der Waals surface area contributed by atoms with Crippen molar-refractivity contribution in [2.24, 2.45) is 41.4 Å². The van der Waals surface area contributed by atoms with Gasteiger partial charge in [-0.2, -0.15) is 0 Å². The third kappa shape index (κ3) is 1.56. The number of fused-ring (bicyclic) bond motifs is 5. The molecule has 6 atom stereocenters. The van der Waals surface area contributed by atoms with Crippen LogP contribution in [0.25, 0.3) is 0 Å². The summed E-state index contributed by atoms with van der Waals surface area (Å²) in [6.07, 6.45) is 9.31. The molecular formula is C16H28. The summed E-state index contributed by atoms with van der Waals surface area (Å²) < 4.78 is 0. The second-order valence-corrected chi connectivity index (χ2v) is 7.35. The van der Waals surface area contributed by atoms with Crippen molar-refractivity contribution in [3.63, 3.8) is 0 Å². The molecule has 3 aliphatic rings. The highest BCUT2D eigenvalue weighted by Crippen LogP contribution is 2.63. The van der Waals surface area contributed by atoms with E-state index in [9.17, 15) is 0 Å². The fraction of sp³-hybridized carbons (Fsp3) is 1.00. The van der Waals surface area contributed by atoms with E-state index in [4.69, 9.17) is 0 Å². The summed E-state index contributed by atoms with van der Waals surface area (Å²) in [4.78, 5) is 0. The molecular weight excluding hydrogens is 192 g/mol. The van der Waals surface area contributed by atoms with Gasteiger partial charge in [0, 0.05) is 0 Å². The van der Waals surface area contributed by atoms with Gasteiger partial charge >= 0.3 is 0 Å². The molecule has 16 heavy (non-hydrogen) atoms. The van der Waals surface area contributed by atoms with Crippen LogP contribution in [-0.4, -0.2) is 0 Å². The summed E-state index contributed by atoms with van der Waals surface area (Å²) in [5.74, 6) is 7.64. The Morgan fingerprint density at radius 3 is 2.38 bits per heavy atom. The maximum Gasteiger partial charge on any atom is -0.0326 e. The van der Waals surface area contributed by atoms with Crippen LogP contribution in [-0.2, 0) is 0 Å². The van der Waals surface area contributed by atoms with Crippen LogP contribution in [0.3, 0.4) is 0 Å². The maximum atomic E-state index is 2.55. The highest BCUT2D eigenvalue weighted by atomic mass is 14.6. The highest BCUT2D eigenvalue weighted by Gasteiger charge is 2.55. The van der Waals surface area contributed by atoms with Gasteiger partial charge in [0.2, 0.25) is 0 Å². The van der Waals surface area contributed by atoms with Crippen molar-refractivity contribution in [2.45, 2.75) is 59.3 Å². The molecule has 0 N–H and O–H groups in total. The van der Waals surface area contributed by atoms with E-state index in [0.29, 0.717) is 0 Å². The van der Waals surface area contributed by atoms with Crippen LogP contribution in [0.15, 0.2) is 0 Å². The van der Waals surface area contributed by atoms with Crippen LogP contribution in [0.2, 0.25) is 0 Å². The van der Waals surface area contributed by atoms with E-state index < -0.39 is 0 Å². The van der Waals surface area contributed by atoms with Gasteiger partial charge in [-0.15, -0.1) is 0 Å². The zero-order valence-electron chi connectivity index (χ0n) is 11.3. The van der Waals surface area contributed by atoms with Crippen molar-refractivity contribution < 1.29 is 0 Å². The van der Waals surface area contributed by atoms with Crippen molar-refractivity contribution >= 4 is 0 Å². The SMILES string of the molecule is CC(C)CC1C2CCC1C1C(C)CCCC21. The van der Waals surface area contributed by atoms with Crippen LogP contribution in [0.1, 0.15) is 59.3 Å². The summed E-state index contributed by atoms with van der Waals surface area (Å²) in [5, 5.41) is 0. The molecule has 2 bridgehead atoms. The van der Waals surface area contributed by atoms with Gasteiger partial charge in [-0.05, 0) is 67.1 Å². The van der Waals surface area contributed by atoms with E-state index >= 15 is 0 Å². The molecule has 3 fully saturated rings. The molecule has 0 aromatic heterocycles. The Kier molecular flexibility index (Phi) is 2.80. The second kappa shape index (κ2) is 4.03. The molecule has 6 unspecified atom stereocenters. The molecule has 0 heteroatoms. The number of rotatable bonds is 2. The summed E-state index contributed by atoms with van der Waals surface area (Å²) in [6, 6.07) is 0.